The third-order valence-corrected chi connectivity index (χ3v) is 11.1. The molecule has 6 heterocycles. The zero-order valence-electron chi connectivity index (χ0n) is 26.2. The Hall–Kier alpha value is -3.75. The van der Waals surface area contributed by atoms with Crippen LogP contribution in [0.25, 0.3) is 5.65 Å². The molecule has 4 aromatic rings. The molecule has 0 bridgehead atoms. The SMILES string of the molecule is Cc1cnc(Cc2ccn3c(C(F)F)nnc3c2C)cc1CN1CC2(CC2)Oc2nc(OCCN3CCCC3)c(C)cc2S1(=O)=O. The van der Waals surface area contributed by atoms with Gasteiger partial charge in [-0.1, -0.05) is 0 Å². The number of nitrogens with zero attached hydrogens (tertiary/aromatic N) is 7. The Balaban J connectivity index is 1.14. The van der Waals surface area contributed by atoms with Crippen LogP contribution in [0.15, 0.2) is 35.5 Å². The molecule has 0 unspecified atom stereocenters. The molecule has 1 spiro atoms. The first-order chi connectivity index (χ1) is 22.0. The van der Waals surface area contributed by atoms with Crippen molar-refractivity contribution in [1.82, 2.24) is 33.8 Å². The lowest BCUT2D eigenvalue weighted by Crippen LogP contribution is -2.38. The van der Waals surface area contributed by atoms with E-state index in [4.69, 9.17) is 9.47 Å². The Bertz CT molecular complexity index is 1910. The molecule has 46 heavy (non-hydrogen) atoms. The number of halogens is 2. The van der Waals surface area contributed by atoms with E-state index in [1.54, 1.807) is 24.5 Å². The molecule has 0 amide bonds. The van der Waals surface area contributed by atoms with Crippen molar-refractivity contribution >= 4 is 15.7 Å². The molecule has 0 aromatic carbocycles. The molecule has 14 heteroatoms. The lowest BCUT2D eigenvalue weighted by Gasteiger charge is -2.23. The van der Waals surface area contributed by atoms with Crippen LogP contribution in [0, 0.1) is 20.8 Å². The highest BCUT2D eigenvalue weighted by Gasteiger charge is 2.52. The molecule has 0 radical (unpaired) electrons. The number of ether oxygens (including phenoxy) is 2. The fraction of sp³-hybridized carbons (Fsp3) is 0.500. The highest BCUT2D eigenvalue weighted by atomic mass is 32.2. The largest absolute Gasteiger partial charge is 0.476 e. The number of hydrogen-bond acceptors (Lipinski definition) is 9. The first-order valence-corrected chi connectivity index (χ1v) is 17.1. The van der Waals surface area contributed by atoms with E-state index in [1.807, 2.05) is 26.8 Å². The Morgan fingerprint density at radius 2 is 1.85 bits per heavy atom. The number of rotatable bonds is 9. The van der Waals surface area contributed by atoms with Crippen LogP contribution in [0.4, 0.5) is 8.78 Å². The van der Waals surface area contributed by atoms with Gasteiger partial charge in [0.1, 0.15) is 17.1 Å². The Morgan fingerprint density at radius 3 is 2.59 bits per heavy atom. The maximum Gasteiger partial charge on any atom is 0.297 e. The number of sulfonamides is 1. The van der Waals surface area contributed by atoms with Gasteiger partial charge in [-0.25, -0.2) is 17.2 Å². The number of alkyl halides is 2. The predicted octanol–water partition coefficient (Wildman–Crippen LogP) is 4.56. The average Bonchev–Trinajstić information content (AvgIpc) is 3.37. The second-order valence-corrected chi connectivity index (χ2v) is 14.6. The molecule has 2 fully saturated rings. The van der Waals surface area contributed by atoms with Crippen LogP contribution in [0.5, 0.6) is 11.8 Å². The number of fused-ring (bicyclic) bond motifs is 2. The van der Waals surface area contributed by atoms with Crippen LogP contribution < -0.4 is 9.47 Å². The van der Waals surface area contributed by atoms with Crippen LogP contribution in [0.1, 0.15) is 71.4 Å². The van der Waals surface area contributed by atoms with Crippen molar-refractivity contribution in [3.05, 3.63) is 69.9 Å². The minimum absolute atomic E-state index is 0.0491. The quantitative estimate of drug-likeness (QED) is 0.256. The smallest absolute Gasteiger partial charge is 0.297 e. The van der Waals surface area contributed by atoms with E-state index in [9.17, 15) is 17.2 Å². The molecule has 11 nitrogen and oxygen atoms in total. The van der Waals surface area contributed by atoms with E-state index in [0.717, 1.165) is 60.4 Å². The van der Waals surface area contributed by atoms with E-state index < -0.39 is 27.9 Å². The van der Waals surface area contributed by atoms with E-state index in [1.165, 1.54) is 21.5 Å². The lowest BCUT2D eigenvalue weighted by atomic mass is 10.0. The highest BCUT2D eigenvalue weighted by molar-refractivity contribution is 7.89. The third-order valence-electron chi connectivity index (χ3n) is 9.30. The number of aromatic nitrogens is 5. The van der Waals surface area contributed by atoms with Crippen molar-refractivity contribution in [2.45, 2.75) is 76.3 Å². The fourth-order valence-electron chi connectivity index (χ4n) is 6.31. The standard InChI is InChI=1S/C32H37F2N7O4S/c1-20-14-26-31(36-30(20)44-13-12-39-9-4-5-10-39)45-32(7-8-32)19-40(46(26,42)43)18-24-16-25(35-17-21(24)2)15-23-6-11-41-28(22(23)3)37-38-29(41)27(33)34/h6,11,14,16-17,27H,4-5,7-10,12-13,15,18-19H2,1-3H3. The van der Waals surface area contributed by atoms with E-state index in [-0.39, 0.29) is 23.9 Å². The van der Waals surface area contributed by atoms with Crippen LogP contribution >= 0.6 is 0 Å². The molecule has 3 aliphatic rings. The van der Waals surface area contributed by atoms with E-state index >= 15 is 0 Å². The molecule has 0 atom stereocenters. The van der Waals surface area contributed by atoms with Crippen molar-refractivity contribution in [1.29, 1.82) is 0 Å². The van der Waals surface area contributed by atoms with E-state index in [2.05, 4.69) is 25.1 Å². The number of likely N-dealkylation sites (tertiary alicyclic amines) is 1. The second-order valence-electron chi connectivity index (χ2n) is 12.7. The maximum absolute atomic E-state index is 14.2. The predicted molar refractivity (Wildman–Crippen MR) is 165 cm³/mol. The Kier molecular flexibility index (Phi) is 7.92. The van der Waals surface area contributed by atoms with Crippen LogP contribution in [0.2, 0.25) is 0 Å². The van der Waals surface area contributed by atoms with Gasteiger partial charge >= 0.3 is 0 Å². The van der Waals surface area contributed by atoms with Gasteiger partial charge in [-0.3, -0.25) is 14.3 Å². The van der Waals surface area contributed by atoms with Gasteiger partial charge in [0.15, 0.2) is 5.65 Å². The molecule has 2 aliphatic heterocycles. The van der Waals surface area contributed by atoms with Gasteiger partial charge in [0, 0.05) is 43.2 Å². The highest BCUT2D eigenvalue weighted by Crippen LogP contribution is 2.47. The summed E-state index contributed by atoms with van der Waals surface area (Å²) in [5, 5.41) is 7.62. The molecule has 1 aliphatic carbocycles. The molecule has 1 saturated carbocycles. The molecule has 244 valence electrons. The van der Waals surface area contributed by atoms with Gasteiger partial charge in [0.05, 0.1) is 6.54 Å². The molecular weight excluding hydrogens is 616 g/mol. The second kappa shape index (κ2) is 11.8. The van der Waals surface area contributed by atoms with Crippen molar-refractivity contribution < 1.29 is 26.7 Å². The van der Waals surface area contributed by atoms with Crippen LogP contribution in [-0.2, 0) is 23.0 Å². The molecule has 1 saturated heterocycles. The molecule has 0 N–H and O–H groups in total. The van der Waals surface area contributed by atoms with Crippen LogP contribution in [-0.4, -0.2) is 80.6 Å². The number of pyridine rings is 3. The monoisotopic (exact) mass is 653 g/mol. The summed E-state index contributed by atoms with van der Waals surface area (Å²) in [5.74, 6) is 0.102. The minimum Gasteiger partial charge on any atom is -0.476 e. The van der Waals surface area contributed by atoms with Gasteiger partial charge in [-0.2, -0.15) is 9.29 Å². The Morgan fingerprint density at radius 1 is 1.07 bits per heavy atom. The van der Waals surface area contributed by atoms with Crippen molar-refractivity contribution in [2.24, 2.45) is 0 Å². The van der Waals surface area contributed by atoms with Crippen LogP contribution in [0.3, 0.4) is 0 Å². The van der Waals surface area contributed by atoms with Crippen molar-refractivity contribution in [3.8, 4) is 11.8 Å². The van der Waals surface area contributed by atoms with Gasteiger partial charge < -0.3 is 9.47 Å². The fourth-order valence-corrected chi connectivity index (χ4v) is 7.93. The topological polar surface area (TPSA) is 115 Å². The normalized spacial score (nSPS) is 19.0. The summed E-state index contributed by atoms with van der Waals surface area (Å²) in [5.41, 5.74) is 4.38. The zero-order chi connectivity index (χ0) is 32.2. The molecular formula is C32H37F2N7O4S. The van der Waals surface area contributed by atoms with Gasteiger partial charge in [-0.05, 0) is 100.0 Å². The van der Waals surface area contributed by atoms with Gasteiger partial charge in [0.2, 0.25) is 27.6 Å². The summed E-state index contributed by atoms with van der Waals surface area (Å²) in [6, 6.07) is 5.30. The minimum atomic E-state index is -3.96. The number of hydrogen-bond donors (Lipinski definition) is 0. The van der Waals surface area contributed by atoms with Crippen molar-refractivity contribution in [2.75, 3.05) is 32.8 Å². The molecule has 4 aromatic heterocycles. The summed E-state index contributed by atoms with van der Waals surface area (Å²) >= 11 is 0. The first kappa shape index (κ1) is 30.9. The summed E-state index contributed by atoms with van der Waals surface area (Å²) in [7, 11) is -3.96. The third kappa shape index (κ3) is 5.82. The van der Waals surface area contributed by atoms with E-state index in [0.29, 0.717) is 30.1 Å². The number of aryl methyl sites for hydroxylation is 3. The molecule has 7 rings (SSSR count). The average molecular weight is 654 g/mol. The summed E-state index contributed by atoms with van der Waals surface area (Å²) in [4.78, 5) is 11.6. The summed E-state index contributed by atoms with van der Waals surface area (Å²) in [6.45, 7) is 9.30. The van der Waals surface area contributed by atoms with Gasteiger partial charge in [0.25, 0.3) is 6.43 Å². The zero-order valence-corrected chi connectivity index (χ0v) is 27.0. The Labute approximate surface area is 266 Å². The van der Waals surface area contributed by atoms with Gasteiger partial charge in [-0.15, -0.1) is 10.2 Å². The summed E-state index contributed by atoms with van der Waals surface area (Å²) in [6.07, 6.45) is 4.84. The lowest BCUT2D eigenvalue weighted by molar-refractivity contribution is 0.139. The summed E-state index contributed by atoms with van der Waals surface area (Å²) < 4.78 is 70.2. The van der Waals surface area contributed by atoms with Crippen molar-refractivity contribution in [3.63, 3.8) is 0 Å². The first-order valence-electron chi connectivity index (χ1n) is 15.6. The maximum atomic E-state index is 14.2.